The zero-order chi connectivity index (χ0) is 17.0. The molecule has 5 heteroatoms. The van der Waals surface area contributed by atoms with Crippen LogP contribution in [0, 0.1) is 11.8 Å². The monoisotopic (exact) mass is 316 g/mol. The number of carboxylic acids is 2. The summed E-state index contributed by atoms with van der Waals surface area (Å²) in [6.07, 6.45) is 6.65. The number of aliphatic hydroxyl groups is 1. The number of aliphatic hydroxyl groups excluding tert-OH is 1. The van der Waals surface area contributed by atoms with Gasteiger partial charge in [0, 0.05) is 0 Å². The molecule has 0 aliphatic heterocycles. The molecule has 22 heavy (non-hydrogen) atoms. The first kappa shape index (κ1) is 20.9. The van der Waals surface area contributed by atoms with Crippen molar-refractivity contribution in [3.63, 3.8) is 0 Å². The molecular formula is C17H32O5. The molecule has 0 rings (SSSR count). The fourth-order valence-corrected chi connectivity index (χ4v) is 2.76. The molecule has 0 aliphatic rings. The van der Waals surface area contributed by atoms with Crippen LogP contribution >= 0.6 is 0 Å². The van der Waals surface area contributed by atoms with Gasteiger partial charge in [0.2, 0.25) is 0 Å². The Morgan fingerprint density at radius 3 is 1.86 bits per heavy atom. The van der Waals surface area contributed by atoms with E-state index in [1.807, 2.05) is 6.92 Å². The van der Waals surface area contributed by atoms with Gasteiger partial charge in [0.15, 0.2) is 0 Å². The number of unbranched alkanes of at least 4 members (excludes halogenated alkanes) is 4. The average Bonchev–Trinajstić information content (AvgIpc) is 2.44. The van der Waals surface area contributed by atoms with Crippen molar-refractivity contribution in [3.05, 3.63) is 0 Å². The first-order valence-corrected chi connectivity index (χ1v) is 8.55. The molecule has 0 amide bonds. The van der Waals surface area contributed by atoms with E-state index < -0.39 is 29.9 Å². The SMILES string of the molecule is CCCCCCCC(CC(CC(O)CCC)C(=O)O)C(=O)O. The zero-order valence-corrected chi connectivity index (χ0v) is 14.0. The highest BCUT2D eigenvalue weighted by molar-refractivity contribution is 5.73. The number of carbonyl (C=O) groups is 2. The summed E-state index contributed by atoms with van der Waals surface area (Å²) in [5.41, 5.74) is 0. The Morgan fingerprint density at radius 1 is 0.773 bits per heavy atom. The molecule has 3 N–H and O–H groups in total. The topological polar surface area (TPSA) is 94.8 Å². The molecule has 130 valence electrons. The fourth-order valence-electron chi connectivity index (χ4n) is 2.76. The molecule has 0 heterocycles. The van der Waals surface area contributed by atoms with Crippen molar-refractivity contribution in [2.24, 2.45) is 11.8 Å². The van der Waals surface area contributed by atoms with E-state index in [1.54, 1.807) is 0 Å². The summed E-state index contributed by atoms with van der Waals surface area (Å²) < 4.78 is 0. The molecule has 0 aromatic carbocycles. The van der Waals surface area contributed by atoms with E-state index in [1.165, 1.54) is 0 Å². The van der Waals surface area contributed by atoms with Crippen LogP contribution in [0.4, 0.5) is 0 Å². The summed E-state index contributed by atoms with van der Waals surface area (Å²) in [6, 6.07) is 0. The van der Waals surface area contributed by atoms with Crippen molar-refractivity contribution < 1.29 is 24.9 Å². The van der Waals surface area contributed by atoms with Crippen LogP contribution in [0.1, 0.15) is 78.1 Å². The van der Waals surface area contributed by atoms with Gasteiger partial charge in [0.1, 0.15) is 0 Å². The van der Waals surface area contributed by atoms with Gasteiger partial charge in [-0.2, -0.15) is 0 Å². The summed E-state index contributed by atoms with van der Waals surface area (Å²) in [4.78, 5) is 22.6. The first-order valence-electron chi connectivity index (χ1n) is 8.55. The highest BCUT2D eigenvalue weighted by Gasteiger charge is 2.28. The van der Waals surface area contributed by atoms with Gasteiger partial charge in [0.25, 0.3) is 0 Å². The van der Waals surface area contributed by atoms with Crippen LogP contribution in [0.25, 0.3) is 0 Å². The van der Waals surface area contributed by atoms with Gasteiger partial charge in [-0.15, -0.1) is 0 Å². The van der Waals surface area contributed by atoms with Crippen LogP contribution in [0.2, 0.25) is 0 Å². The second-order valence-corrected chi connectivity index (χ2v) is 6.19. The van der Waals surface area contributed by atoms with Crippen LogP contribution in [0.5, 0.6) is 0 Å². The number of carboxylic acid groups (broad SMARTS) is 2. The summed E-state index contributed by atoms with van der Waals surface area (Å²) in [5, 5.41) is 28.3. The predicted molar refractivity (Wildman–Crippen MR) is 85.8 cm³/mol. The molecule has 0 aliphatic carbocycles. The minimum absolute atomic E-state index is 0.110. The molecule has 0 spiro atoms. The van der Waals surface area contributed by atoms with E-state index in [2.05, 4.69) is 6.92 Å². The second-order valence-electron chi connectivity index (χ2n) is 6.19. The molecule has 0 aromatic rings. The Labute approximate surface area is 133 Å². The first-order chi connectivity index (χ1) is 10.4. The minimum Gasteiger partial charge on any atom is -0.481 e. The van der Waals surface area contributed by atoms with Crippen molar-refractivity contribution in [1.29, 1.82) is 0 Å². The summed E-state index contributed by atoms with van der Waals surface area (Å²) >= 11 is 0. The van der Waals surface area contributed by atoms with Crippen LogP contribution in [-0.4, -0.2) is 33.4 Å². The highest BCUT2D eigenvalue weighted by Crippen LogP contribution is 2.24. The summed E-state index contributed by atoms with van der Waals surface area (Å²) in [6.45, 7) is 4.05. The molecular weight excluding hydrogens is 284 g/mol. The number of rotatable bonds is 14. The average molecular weight is 316 g/mol. The Bertz CT molecular complexity index is 316. The van der Waals surface area contributed by atoms with E-state index in [9.17, 15) is 24.9 Å². The maximum absolute atomic E-state index is 11.3. The van der Waals surface area contributed by atoms with E-state index >= 15 is 0 Å². The lowest BCUT2D eigenvalue weighted by molar-refractivity contribution is -0.147. The number of hydrogen-bond donors (Lipinski definition) is 3. The molecule has 3 unspecified atom stereocenters. The Kier molecular flexibility index (Phi) is 11.8. The van der Waals surface area contributed by atoms with E-state index in [0.717, 1.165) is 38.5 Å². The molecule has 0 saturated heterocycles. The lowest BCUT2D eigenvalue weighted by atomic mass is 9.86. The van der Waals surface area contributed by atoms with Gasteiger partial charge in [-0.3, -0.25) is 9.59 Å². The maximum atomic E-state index is 11.3. The second kappa shape index (κ2) is 12.4. The Morgan fingerprint density at radius 2 is 1.36 bits per heavy atom. The van der Waals surface area contributed by atoms with E-state index in [-0.39, 0.29) is 12.8 Å². The third-order valence-corrected chi connectivity index (χ3v) is 4.10. The third kappa shape index (κ3) is 9.77. The van der Waals surface area contributed by atoms with Crippen molar-refractivity contribution >= 4 is 11.9 Å². The van der Waals surface area contributed by atoms with Gasteiger partial charge in [0.05, 0.1) is 17.9 Å². The normalized spacial score (nSPS) is 15.2. The van der Waals surface area contributed by atoms with Gasteiger partial charge < -0.3 is 15.3 Å². The van der Waals surface area contributed by atoms with E-state index in [4.69, 9.17) is 0 Å². The van der Waals surface area contributed by atoms with Crippen LogP contribution in [0.3, 0.4) is 0 Å². The van der Waals surface area contributed by atoms with Crippen LogP contribution in [-0.2, 0) is 9.59 Å². The van der Waals surface area contributed by atoms with Crippen molar-refractivity contribution in [2.75, 3.05) is 0 Å². The van der Waals surface area contributed by atoms with E-state index in [0.29, 0.717) is 12.8 Å². The largest absolute Gasteiger partial charge is 0.481 e. The molecule has 0 radical (unpaired) electrons. The molecule has 0 aromatic heterocycles. The smallest absolute Gasteiger partial charge is 0.306 e. The summed E-state index contributed by atoms with van der Waals surface area (Å²) in [5.74, 6) is -3.34. The van der Waals surface area contributed by atoms with Crippen molar-refractivity contribution in [3.8, 4) is 0 Å². The lowest BCUT2D eigenvalue weighted by Crippen LogP contribution is -2.26. The quantitative estimate of drug-likeness (QED) is 0.425. The number of hydrogen-bond acceptors (Lipinski definition) is 3. The predicted octanol–water partition coefficient (Wildman–Crippen LogP) is 3.69. The van der Waals surface area contributed by atoms with Crippen molar-refractivity contribution in [2.45, 2.75) is 84.2 Å². The van der Waals surface area contributed by atoms with Gasteiger partial charge in [-0.1, -0.05) is 52.4 Å². The standard InChI is InChI=1S/C17H32O5/c1-3-5-6-7-8-10-13(16(19)20)11-14(17(21)22)12-15(18)9-4-2/h13-15,18H,3-12H2,1-2H3,(H,19,20)(H,21,22). The Balaban J connectivity index is 4.40. The van der Waals surface area contributed by atoms with Gasteiger partial charge in [-0.05, 0) is 25.7 Å². The van der Waals surface area contributed by atoms with Crippen molar-refractivity contribution in [1.82, 2.24) is 0 Å². The van der Waals surface area contributed by atoms with Crippen LogP contribution in [0.15, 0.2) is 0 Å². The summed E-state index contributed by atoms with van der Waals surface area (Å²) in [7, 11) is 0. The maximum Gasteiger partial charge on any atom is 0.306 e. The minimum atomic E-state index is -1.01. The Hall–Kier alpha value is -1.10. The number of aliphatic carboxylic acids is 2. The van der Waals surface area contributed by atoms with Crippen LogP contribution < -0.4 is 0 Å². The van der Waals surface area contributed by atoms with Gasteiger partial charge >= 0.3 is 11.9 Å². The van der Waals surface area contributed by atoms with Gasteiger partial charge in [-0.25, -0.2) is 0 Å². The molecule has 0 bridgehead atoms. The highest BCUT2D eigenvalue weighted by atomic mass is 16.4. The fraction of sp³-hybridized carbons (Fsp3) is 0.882. The molecule has 5 nitrogen and oxygen atoms in total. The molecule has 0 fully saturated rings. The molecule has 0 saturated carbocycles. The lowest BCUT2D eigenvalue weighted by Gasteiger charge is -2.20. The zero-order valence-electron chi connectivity index (χ0n) is 14.0. The molecule has 3 atom stereocenters. The third-order valence-electron chi connectivity index (χ3n) is 4.10.